The summed E-state index contributed by atoms with van der Waals surface area (Å²) in [5.74, 6) is 0.420. The first-order chi connectivity index (χ1) is 6.16. The minimum Gasteiger partial charge on any atom is -0.403 e. The molecule has 0 spiro atoms. The van der Waals surface area contributed by atoms with E-state index in [2.05, 4.69) is 59.6 Å². The van der Waals surface area contributed by atoms with E-state index >= 15 is 0 Å². The highest BCUT2D eigenvalue weighted by Crippen LogP contribution is 2.64. The Balaban J connectivity index is 2.08. The van der Waals surface area contributed by atoms with Gasteiger partial charge in [0.1, 0.15) is 0 Å². The zero-order valence-electron chi connectivity index (χ0n) is 8.93. The summed E-state index contributed by atoms with van der Waals surface area (Å²) in [4.78, 5) is 0. The quantitative estimate of drug-likeness (QED) is 0.544. The summed E-state index contributed by atoms with van der Waals surface area (Å²) in [6.07, 6.45) is 1.06. The Hall–Kier alpha value is 0.945. The zero-order valence-corrected chi connectivity index (χ0v) is 12.1. The average Bonchev–Trinajstić information content (AvgIpc) is 2.49. The second kappa shape index (κ2) is 2.99. The highest BCUT2D eigenvalue weighted by atomic mass is 79.9. The van der Waals surface area contributed by atoms with Gasteiger partial charge in [0.2, 0.25) is 0 Å². The van der Waals surface area contributed by atoms with Gasteiger partial charge in [0.15, 0.2) is 0 Å². The molecule has 80 valence electrons. The van der Waals surface area contributed by atoms with Crippen LogP contribution in [0.1, 0.15) is 34.1 Å². The summed E-state index contributed by atoms with van der Waals surface area (Å²) in [6.45, 7) is 8.33. The third kappa shape index (κ3) is 1.70. The molecule has 5 heteroatoms. The molecule has 1 atom stereocenters. The lowest BCUT2D eigenvalue weighted by Crippen LogP contribution is -2.41. The van der Waals surface area contributed by atoms with E-state index in [1.165, 1.54) is 0 Å². The van der Waals surface area contributed by atoms with Gasteiger partial charge in [0.25, 0.3) is 0 Å². The van der Waals surface area contributed by atoms with Crippen LogP contribution in [0.25, 0.3) is 0 Å². The van der Waals surface area contributed by atoms with E-state index in [0.29, 0.717) is 5.82 Å². The number of hydrogen-bond acceptors (Lipinski definition) is 2. The molecule has 0 amide bonds. The summed E-state index contributed by atoms with van der Waals surface area (Å²) >= 11 is 7.19. The van der Waals surface area contributed by atoms with Crippen LogP contribution in [-0.4, -0.2) is 21.6 Å². The second-order valence-corrected chi connectivity index (χ2v) is 9.09. The topological polar surface area (TPSA) is 18.5 Å². The minimum absolute atomic E-state index is 0.0428. The van der Waals surface area contributed by atoms with E-state index in [-0.39, 0.29) is 21.6 Å². The van der Waals surface area contributed by atoms with Gasteiger partial charge in [-0.25, -0.2) is 0 Å². The number of halogens is 2. The Morgan fingerprint density at radius 2 is 1.43 bits per heavy atom. The molecular formula is C9H15BBr2O2. The van der Waals surface area contributed by atoms with Gasteiger partial charge in [-0.15, -0.1) is 0 Å². The van der Waals surface area contributed by atoms with Gasteiger partial charge in [-0.1, -0.05) is 31.9 Å². The van der Waals surface area contributed by atoms with Crippen molar-refractivity contribution < 1.29 is 9.31 Å². The van der Waals surface area contributed by atoms with E-state index in [4.69, 9.17) is 9.31 Å². The fraction of sp³-hybridized carbons (Fsp3) is 1.00. The molecule has 2 aliphatic rings. The molecule has 0 N–H and O–H groups in total. The van der Waals surface area contributed by atoms with Crippen LogP contribution < -0.4 is 0 Å². The fourth-order valence-electron chi connectivity index (χ4n) is 1.58. The van der Waals surface area contributed by atoms with Gasteiger partial charge >= 0.3 is 7.12 Å². The smallest absolute Gasteiger partial charge is 0.403 e. The van der Waals surface area contributed by atoms with Gasteiger partial charge in [0.05, 0.1) is 14.4 Å². The number of hydrogen-bond donors (Lipinski definition) is 0. The van der Waals surface area contributed by atoms with Gasteiger partial charge in [-0.2, -0.15) is 0 Å². The van der Waals surface area contributed by atoms with Crippen LogP contribution in [0.5, 0.6) is 0 Å². The van der Waals surface area contributed by atoms with E-state index in [0.717, 1.165) is 6.42 Å². The number of alkyl halides is 2. The normalized spacial score (nSPS) is 37.3. The molecule has 2 nitrogen and oxygen atoms in total. The molecule has 2 fully saturated rings. The van der Waals surface area contributed by atoms with E-state index < -0.39 is 0 Å². The van der Waals surface area contributed by atoms with Crippen LogP contribution >= 0.6 is 31.9 Å². The molecule has 1 aliphatic carbocycles. The highest BCUT2D eigenvalue weighted by Gasteiger charge is 2.65. The largest absolute Gasteiger partial charge is 0.463 e. The maximum absolute atomic E-state index is 5.94. The molecular weight excluding hydrogens is 311 g/mol. The van der Waals surface area contributed by atoms with E-state index in [9.17, 15) is 0 Å². The first-order valence-corrected chi connectivity index (χ1v) is 6.48. The standard InChI is InChI=1S/C9H15BBr2O2/c1-7(2)8(3,4)14-10(13-7)6-5-9(6,11)12/h6H,5H2,1-4H3. The molecule has 0 aromatic rings. The molecule has 0 radical (unpaired) electrons. The minimum atomic E-state index is -0.212. The molecule has 1 aliphatic heterocycles. The van der Waals surface area contributed by atoms with Crippen LogP contribution in [0.3, 0.4) is 0 Å². The Bertz CT molecular complexity index is 250. The van der Waals surface area contributed by atoms with Crippen molar-refractivity contribution in [3.8, 4) is 0 Å². The number of rotatable bonds is 1. The van der Waals surface area contributed by atoms with Crippen LogP contribution in [-0.2, 0) is 9.31 Å². The van der Waals surface area contributed by atoms with Gasteiger partial charge < -0.3 is 9.31 Å². The summed E-state index contributed by atoms with van der Waals surface area (Å²) < 4.78 is 11.9. The van der Waals surface area contributed by atoms with Crippen LogP contribution in [0.15, 0.2) is 0 Å². The Labute approximate surface area is 103 Å². The predicted octanol–water partition coefficient (Wildman–Crippen LogP) is 3.34. The first kappa shape index (κ1) is 11.4. The van der Waals surface area contributed by atoms with Crippen molar-refractivity contribution in [1.82, 2.24) is 0 Å². The summed E-state index contributed by atoms with van der Waals surface area (Å²) in [5.41, 5.74) is -0.424. The van der Waals surface area contributed by atoms with Crippen molar-refractivity contribution in [1.29, 1.82) is 0 Å². The molecule has 0 aromatic heterocycles. The van der Waals surface area contributed by atoms with Crippen molar-refractivity contribution in [3.05, 3.63) is 0 Å². The lowest BCUT2D eigenvalue weighted by molar-refractivity contribution is 0.00578. The SMILES string of the molecule is CC1(C)OB(C2CC2(Br)Br)OC1(C)C. The third-order valence-electron chi connectivity index (χ3n) is 3.47. The molecule has 2 rings (SSSR count). The predicted molar refractivity (Wildman–Crippen MR) is 65.0 cm³/mol. The molecule has 14 heavy (non-hydrogen) atoms. The molecule has 1 heterocycles. The van der Waals surface area contributed by atoms with Crippen molar-refractivity contribution in [2.24, 2.45) is 0 Å². The van der Waals surface area contributed by atoms with Gasteiger partial charge in [-0.3, -0.25) is 0 Å². The Kier molecular flexibility index (Phi) is 2.44. The average molecular weight is 326 g/mol. The highest BCUT2D eigenvalue weighted by molar-refractivity contribution is 9.25. The van der Waals surface area contributed by atoms with Crippen LogP contribution in [0.4, 0.5) is 0 Å². The molecule has 1 saturated heterocycles. The Morgan fingerprint density at radius 1 is 1.07 bits per heavy atom. The first-order valence-electron chi connectivity index (χ1n) is 4.89. The lowest BCUT2D eigenvalue weighted by Gasteiger charge is -2.32. The monoisotopic (exact) mass is 324 g/mol. The molecule has 0 bridgehead atoms. The maximum Gasteiger partial charge on any atom is 0.463 e. The molecule has 0 aromatic carbocycles. The molecule has 1 unspecified atom stereocenters. The van der Waals surface area contributed by atoms with Crippen molar-refractivity contribution in [2.75, 3.05) is 0 Å². The summed E-state index contributed by atoms with van der Waals surface area (Å²) in [5, 5.41) is 0. The van der Waals surface area contributed by atoms with Gasteiger partial charge in [-0.05, 0) is 34.1 Å². The van der Waals surface area contributed by atoms with Crippen LogP contribution in [0.2, 0.25) is 5.82 Å². The summed E-state index contributed by atoms with van der Waals surface area (Å²) in [7, 11) is -0.0845. The lowest BCUT2D eigenvalue weighted by atomic mass is 9.82. The van der Waals surface area contributed by atoms with Crippen molar-refractivity contribution in [2.45, 2.75) is 54.4 Å². The maximum atomic E-state index is 5.94. The molecule has 1 saturated carbocycles. The zero-order chi connectivity index (χ0) is 10.8. The van der Waals surface area contributed by atoms with E-state index in [1.807, 2.05) is 0 Å². The van der Waals surface area contributed by atoms with Gasteiger partial charge in [0, 0.05) is 5.82 Å². The van der Waals surface area contributed by atoms with Crippen molar-refractivity contribution >= 4 is 39.0 Å². The third-order valence-corrected chi connectivity index (χ3v) is 5.30. The fourth-order valence-corrected chi connectivity index (χ4v) is 2.71. The second-order valence-electron chi connectivity index (χ2n) is 5.20. The van der Waals surface area contributed by atoms with E-state index in [1.54, 1.807) is 0 Å². The Morgan fingerprint density at radius 3 is 1.71 bits per heavy atom. The van der Waals surface area contributed by atoms with Crippen LogP contribution in [0, 0.1) is 0 Å². The van der Waals surface area contributed by atoms with Crippen molar-refractivity contribution in [3.63, 3.8) is 0 Å². The summed E-state index contributed by atoms with van der Waals surface area (Å²) in [6, 6.07) is 0.